The maximum atomic E-state index is 13.0. The van der Waals surface area contributed by atoms with Gasteiger partial charge in [-0.05, 0) is 43.2 Å². The highest BCUT2D eigenvalue weighted by molar-refractivity contribution is 5.95. The van der Waals surface area contributed by atoms with Gasteiger partial charge in [-0.2, -0.15) is 5.10 Å². The number of carbonyl (C=O) groups is 1. The highest BCUT2D eigenvalue weighted by Crippen LogP contribution is 2.53. The van der Waals surface area contributed by atoms with E-state index in [4.69, 9.17) is 4.74 Å². The van der Waals surface area contributed by atoms with Crippen molar-refractivity contribution in [3.05, 3.63) is 46.6 Å². The highest BCUT2D eigenvalue weighted by Gasteiger charge is 2.45. The first-order valence-electron chi connectivity index (χ1n) is 10.8. The molecule has 0 bridgehead atoms. The molecule has 2 fully saturated rings. The maximum Gasteiger partial charge on any atom is 0.350 e. The summed E-state index contributed by atoms with van der Waals surface area (Å²) in [5.41, 5.74) is 2.37. The number of piperidine rings is 1. The molecule has 2 aliphatic heterocycles. The van der Waals surface area contributed by atoms with E-state index >= 15 is 0 Å². The number of aromatic nitrogens is 4. The third kappa shape index (κ3) is 2.98. The average Bonchev–Trinajstić information content (AvgIpc) is 3.49. The molecule has 0 atom stereocenters. The second-order valence-corrected chi connectivity index (χ2v) is 8.86. The largest absolute Gasteiger partial charge is 0.488 e. The van der Waals surface area contributed by atoms with E-state index in [0.29, 0.717) is 41.3 Å². The Morgan fingerprint density at radius 3 is 2.71 bits per heavy atom. The molecule has 0 unspecified atom stereocenters. The summed E-state index contributed by atoms with van der Waals surface area (Å²) in [6.45, 7) is 2.76. The van der Waals surface area contributed by atoms with Crippen molar-refractivity contribution in [2.45, 2.75) is 25.7 Å². The number of pyridine rings is 2. The third-order valence-corrected chi connectivity index (χ3v) is 6.94. The van der Waals surface area contributed by atoms with Crippen LogP contribution in [0.1, 0.15) is 36.0 Å². The van der Waals surface area contributed by atoms with Gasteiger partial charge in [-0.15, -0.1) is 0 Å². The van der Waals surface area contributed by atoms with Gasteiger partial charge in [-0.1, -0.05) is 0 Å². The highest BCUT2D eigenvalue weighted by atomic mass is 16.5. The molecule has 5 heterocycles. The van der Waals surface area contributed by atoms with E-state index in [1.807, 2.05) is 28.0 Å². The number of amides is 1. The van der Waals surface area contributed by atoms with Gasteiger partial charge < -0.3 is 14.5 Å². The molecule has 1 saturated carbocycles. The second kappa shape index (κ2) is 6.57. The first-order chi connectivity index (χ1) is 15.0. The Kier molecular flexibility index (Phi) is 3.90. The normalized spacial score (nSPS) is 19.4. The molecule has 3 aliphatic rings. The number of ether oxygens (including phenoxy) is 1. The van der Waals surface area contributed by atoms with Gasteiger partial charge in [0.2, 0.25) is 0 Å². The van der Waals surface area contributed by atoms with Crippen LogP contribution < -0.4 is 15.3 Å². The van der Waals surface area contributed by atoms with Crippen molar-refractivity contribution in [1.82, 2.24) is 24.1 Å². The number of nitrogens with zero attached hydrogens (tertiary/aromatic N) is 6. The van der Waals surface area contributed by atoms with E-state index in [9.17, 15) is 9.59 Å². The van der Waals surface area contributed by atoms with Crippen LogP contribution in [0.2, 0.25) is 0 Å². The molecule has 1 amide bonds. The molecule has 3 aromatic heterocycles. The molecule has 0 radical (unpaired) electrons. The first kappa shape index (κ1) is 18.4. The number of fused-ring (bicyclic) bond motifs is 2. The fourth-order valence-electron chi connectivity index (χ4n) is 4.75. The molecule has 9 nitrogen and oxygen atoms in total. The number of hydrogen-bond donors (Lipinski definition) is 0. The predicted octanol–water partition coefficient (Wildman–Crippen LogP) is 1.97. The summed E-state index contributed by atoms with van der Waals surface area (Å²) in [7, 11) is 1.63. The van der Waals surface area contributed by atoms with Crippen LogP contribution in [-0.4, -0.2) is 56.2 Å². The summed E-state index contributed by atoms with van der Waals surface area (Å²) in [6, 6.07) is 5.54. The number of rotatable bonds is 2. The van der Waals surface area contributed by atoms with E-state index in [-0.39, 0.29) is 11.6 Å². The summed E-state index contributed by atoms with van der Waals surface area (Å²) in [5.74, 6) is 1.30. The van der Waals surface area contributed by atoms with Crippen molar-refractivity contribution in [2.24, 2.45) is 12.5 Å². The minimum absolute atomic E-state index is 0.0285. The molecule has 9 heteroatoms. The molecule has 1 spiro atoms. The molecule has 0 aromatic carbocycles. The van der Waals surface area contributed by atoms with Crippen molar-refractivity contribution in [3.8, 4) is 5.75 Å². The van der Waals surface area contributed by atoms with Gasteiger partial charge in [0.15, 0.2) is 17.2 Å². The number of hydrogen-bond acceptors (Lipinski definition) is 6. The Balaban J connectivity index is 1.28. The monoisotopic (exact) mass is 420 g/mol. The number of anilines is 2. The molecule has 1 saturated heterocycles. The SMILES string of the molecule is Cn1nc2cc(N3CCOc4cc(C(=O)N5CCC6(CC5)CC6)cnc43)ccn2c1=O. The van der Waals surface area contributed by atoms with E-state index in [1.54, 1.807) is 19.4 Å². The minimum Gasteiger partial charge on any atom is -0.488 e. The lowest BCUT2D eigenvalue weighted by Crippen LogP contribution is -2.39. The van der Waals surface area contributed by atoms with Crippen molar-refractivity contribution in [3.63, 3.8) is 0 Å². The summed E-state index contributed by atoms with van der Waals surface area (Å²) in [5, 5.41) is 4.27. The summed E-state index contributed by atoms with van der Waals surface area (Å²) in [6.07, 6.45) is 8.22. The Morgan fingerprint density at radius 2 is 1.94 bits per heavy atom. The topological polar surface area (TPSA) is 85.0 Å². The quantitative estimate of drug-likeness (QED) is 0.630. The van der Waals surface area contributed by atoms with Crippen molar-refractivity contribution in [1.29, 1.82) is 0 Å². The van der Waals surface area contributed by atoms with E-state index in [2.05, 4.69) is 10.1 Å². The molecular formula is C22H24N6O3. The Morgan fingerprint density at radius 1 is 1.13 bits per heavy atom. The van der Waals surface area contributed by atoms with Crippen LogP contribution in [0, 0.1) is 5.41 Å². The van der Waals surface area contributed by atoms with Gasteiger partial charge in [0.1, 0.15) is 6.61 Å². The molecule has 31 heavy (non-hydrogen) atoms. The molecule has 160 valence electrons. The zero-order valence-electron chi connectivity index (χ0n) is 17.5. The third-order valence-electron chi connectivity index (χ3n) is 6.94. The van der Waals surface area contributed by atoms with Gasteiger partial charge in [0.05, 0.1) is 12.1 Å². The summed E-state index contributed by atoms with van der Waals surface area (Å²) >= 11 is 0. The standard InChI is InChI=1S/C22H24N6O3/c1-25-21(30)28-7-2-16(13-18(28)24-25)27-10-11-31-17-12-15(14-23-19(17)27)20(29)26-8-5-22(3-4-22)6-9-26/h2,7,12-14H,3-6,8-11H2,1H3. The number of carbonyl (C=O) groups excluding carboxylic acids is 1. The predicted molar refractivity (Wildman–Crippen MR) is 114 cm³/mol. The Bertz CT molecular complexity index is 1250. The zero-order chi connectivity index (χ0) is 21.2. The fourth-order valence-corrected chi connectivity index (χ4v) is 4.75. The Hall–Kier alpha value is -3.36. The summed E-state index contributed by atoms with van der Waals surface area (Å²) < 4.78 is 8.68. The lowest BCUT2D eigenvalue weighted by molar-refractivity contribution is 0.0677. The minimum atomic E-state index is -0.185. The van der Waals surface area contributed by atoms with Crippen molar-refractivity contribution < 1.29 is 9.53 Å². The van der Waals surface area contributed by atoms with Crippen LogP contribution >= 0.6 is 0 Å². The van der Waals surface area contributed by atoms with E-state index in [0.717, 1.165) is 31.6 Å². The van der Waals surface area contributed by atoms with Gasteiger partial charge in [0, 0.05) is 44.3 Å². The van der Waals surface area contributed by atoms with Crippen LogP contribution in [0.5, 0.6) is 5.75 Å². The van der Waals surface area contributed by atoms with Gasteiger partial charge >= 0.3 is 5.69 Å². The average molecular weight is 420 g/mol. The number of aryl methyl sites for hydroxylation is 1. The molecule has 6 rings (SSSR count). The van der Waals surface area contributed by atoms with Gasteiger partial charge in [-0.25, -0.2) is 14.5 Å². The van der Waals surface area contributed by atoms with Crippen LogP contribution in [0.25, 0.3) is 5.65 Å². The molecule has 0 N–H and O–H groups in total. The lowest BCUT2D eigenvalue weighted by Gasteiger charge is -2.33. The van der Waals surface area contributed by atoms with Crippen LogP contribution in [-0.2, 0) is 7.05 Å². The second-order valence-electron chi connectivity index (χ2n) is 8.86. The van der Waals surface area contributed by atoms with Gasteiger partial charge in [-0.3, -0.25) is 9.20 Å². The van der Waals surface area contributed by atoms with Crippen LogP contribution in [0.3, 0.4) is 0 Å². The first-order valence-corrected chi connectivity index (χ1v) is 10.8. The van der Waals surface area contributed by atoms with Crippen LogP contribution in [0.4, 0.5) is 11.5 Å². The van der Waals surface area contributed by atoms with E-state index in [1.165, 1.54) is 21.9 Å². The summed E-state index contributed by atoms with van der Waals surface area (Å²) in [4.78, 5) is 33.7. The van der Waals surface area contributed by atoms with Gasteiger partial charge in [0.25, 0.3) is 5.91 Å². The molecular weight excluding hydrogens is 396 g/mol. The fraction of sp³-hybridized carbons (Fsp3) is 0.455. The molecule has 1 aliphatic carbocycles. The number of likely N-dealkylation sites (tertiary alicyclic amines) is 1. The zero-order valence-corrected chi connectivity index (χ0v) is 17.5. The Labute approximate surface area is 178 Å². The maximum absolute atomic E-state index is 13.0. The lowest BCUT2D eigenvalue weighted by atomic mass is 9.93. The smallest absolute Gasteiger partial charge is 0.350 e. The van der Waals surface area contributed by atoms with E-state index < -0.39 is 0 Å². The van der Waals surface area contributed by atoms with Crippen molar-refractivity contribution in [2.75, 3.05) is 31.1 Å². The molecule has 3 aromatic rings. The van der Waals surface area contributed by atoms with Crippen molar-refractivity contribution >= 4 is 23.1 Å². The van der Waals surface area contributed by atoms with Crippen LogP contribution in [0.15, 0.2) is 35.4 Å².